The average molecular weight is 319 g/mol. The smallest absolute Gasteiger partial charge is 0.258 e. The van der Waals surface area contributed by atoms with Gasteiger partial charge in [-0.25, -0.2) is 18.2 Å². The zero-order valence-electron chi connectivity index (χ0n) is 11.1. The number of fused-ring (bicyclic) bond motifs is 1. The van der Waals surface area contributed by atoms with Crippen molar-refractivity contribution in [2.45, 2.75) is 20.3 Å². The van der Waals surface area contributed by atoms with Gasteiger partial charge in [-0.2, -0.15) is 0 Å². The minimum atomic E-state index is -1.42. The van der Waals surface area contributed by atoms with Gasteiger partial charge in [0.2, 0.25) is 0 Å². The summed E-state index contributed by atoms with van der Waals surface area (Å²) >= 11 is 5.84. The molecule has 0 saturated carbocycles. The molecule has 0 atom stereocenters. The van der Waals surface area contributed by atoms with Crippen molar-refractivity contribution in [3.63, 3.8) is 0 Å². The molecule has 0 amide bonds. The number of halogens is 4. The van der Waals surface area contributed by atoms with Gasteiger partial charge in [0.25, 0.3) is 0 Å². The highest BCUT2D eigenvalue weighted by atomic mass is 35.5. The lowest BCUT2D eigenvalue weighted by Crippen LogP contribution is -2.06. The Morgan fingerprint density at radius 2 is 1.95 bits per heavy atom. The highest BCUT2D eigenvalue weighted by molar-refractivity contribution is 6.37. The number of benzene rings is 1. The van der Waals surface area contributed by atoms with Gasteiger partial charge in [0.1, 0.15) is 22.1 Å². The van der Waals surface area contributed by atoms with Crippen molar-refractivity contribution in [2.75, 3.05) is 0 Å². The highest BCUT2D eigenvalue weighted by Crippen LogP contribution is 2.37. The Balaban J connectivity index is 2.94. The van der Waals surface area contributed by atoms with Crippen LogP contribution in [0.1, 0.15) is 19.5 Å². The zero-order chi connectivity index (χ0) is 15.9. The lowest BCUT2D eigenvalue weighted by molar-refractivity contribution is -0.385. The predicted molar refractivity (Wildman–Crippen MR) is 71.8 cm³/mol. The Labute approximate surface area is 122 Å². The van der Waals surface area contributed by atoms with Gasteiger partial charge in [-0.3, -0.25) is 10.1 Å². The molecule has 0 bridgehead atoms. The Morgan fingerprint density at radius 1 is 1.33 bits per heavy atom. The van der Waals surface area contributed by atoms with Crippen LogP contribution in [-0.2, 0) is 6.42 Å². The molecule has 1 aromatic heterocycles. The van der Waals surface area contributed by atoms with Gasteiger partial charge in [-0.15, -0.1) is 0 Å². The van der Waals surface area contributed by atoms with Crippen molar-refractivity contribution in [1.29, 1.82) is 0 Å². The van der Waals surface area contributed by atoms with E-state index in [1.165, 1.54) is 0 Å². The van der Waals surface area contributed by atoms with Crippen molar-refractivity contribution in [3.8, 4) is 0 Å². The molecule has 0 aliphatic rings. The summed E-state index contributed by atoms with van der Waals surface area (Å²) < 4.78 is 40.8. The second kappa shape index (κ2) is 5.48. The van der Waals surface area contributed by atoms with Gasteiger partial charge >= 0.3 is 5.69 Å². The van der Waals surface area contributed by atoms with Crippen molar-refractivity contribution < 1.29 is 18.1 Å². The summed E-state index contributed by atoms with van der Waals surface area (Å²) in [5.41, 5.74) is -1.32. The van der Waals surface area contributed by atoms with Gasteiger partial charge in [0, 0.05) is 6.07 Å². The number of aromatic nitrogens is 1. The topological polar surface area (TPSA) is 56.0 Å². The fourth-order valence-electron chi connectivity index (χ4n) is 2.04. The minimum absolute atomic E-state index is 0.0359. The van der Waals surface area contributed by atoms with Crippen molar-refractivity contribution in [1.82, 2.24) is 4.98 Å². The molecule has 2 aromatic rings. The van der Waals surface area contributed by atoms with Crippen LogP contribution in [0.3, 0.4) is 0 Å². The number of nitro groups is 1. The van der Waals surface area contributed by atoms with Gasteiger partial charge in [0.15, 0.2) is 11.6 Å². The first-order chi connectivity index (χ1) is 9.73. The standard InChI is InChI=1S/C13H10ClF3N2O2/c1-5(2)3-8-13(19(20)21)10(14)9-6(15)4-7(16)11(17)12(9)18-8/h4-5H,3H2,1-2H3. The van der Waals surface area contributed by atoms with Gasteiger partial charge in [0.05, 0.1) is 10.3 Å². The number of rotatable bonds is 3. The van der Waals surface area contributed by atoms with Gasteiger partial charge in [-0.05, 0) is 12.3 Å². The molecule has 1 aromatic carbocycles. The molecule has 0 unspecified atom stereocenters. The summed E-state index contributed by atoms with van der Waals surface area (Å²) in [6, 6.07) is 0.289. The molecule has 2 rings (SSSR count). The lowest BCUT2D eigenvalue weighted by atomic mass is 10.0. The average Bonchev–Trinajstić information content (AvgIpc) is 2.34. The Morgan fingerprint density at radius 3 is 2.48 bits per heavy atom. The molecule has 0 aliphatic carbocycles. The normalized spacial score (nSPS) is 11.4. The van der Waals surface area contributed by atoms with E-state index in [0.29, 0.717) is 0 Å². The maximum absolute atomic E-state index is 13.8. The summed E-state index contributed by atoms with van der Waals surface area (Å²) in [5.74, 6) is -4.03. The molecule has 112 valence electrons. The Bertz CT molecular complexity index is 750. The summed E-state index contributed by atoms with van der Waals surface area (Å²) in [4.78, 5) is 14.1. The predicted octanol–water partition coefficient (Wildman–Crippen LogP) is 4.41. The monoisotopic (exact) mass is 318 g/mol. The van der Waals surface area contributed by atoms with Crippen LogP contribution in [0.4, 0.5) is 18.9 Å². The molecule has 21 heavy (non-hydrogen) atoms. The van der Waals surface area contributed by atoms with E-state index in [0.717, 1.165) is 0 Å². The van der Waals surface area contributed by atoms with E-state index in [9.17, 15) is 23.3 Å². The molecule has 0 aliphatic heterocycles. The quantitative estimate of drug-likeness (QED) is 0.478. The summed E-state index contributed by atoms with van der Waals surface area (Å²) in [6.07, 6.45) is 0.129. The van der Waals surface area contributed by atoms with Gasteiger partial charge < -0.3 is 0 Å². The molecular formula is C13H10ClF3N2O2. The molecule has 0 spiro atoms. The highest BCUT2D eigenvalue weighted by Gasteiger charge is 2.28. The summed E-state index contributed by atoms with van der Waals surface area (Å²) in [7, 11) is 0. The number of hydrogen-bond donors (Lipinski definition) is 0. The Kier molecular flexibility index (Phi) is 4.04. The van der Waals surface area contributed by atoms with Crippen LogP contribution in [0.25, 0.3) is 10.9 Å². The third-order valence-corrected chi connectivity index (χ3v) is 3.25. The zero-order valence-corrected chi connectivity index (χ0v) is 11.8. The SMILES string of the molecule is CC(C)Cc1nc2c(F)c(F)cc(F)c2c(Cl)c1[N+](=O)[O-]. The second-order valence-electron chi connectivity index (χ2n) is 4.95. The third-order valence-electron chi connectivity index (χ3n) is 2.88. The molecule has 8 heteroatoms. The first-order valence-corrected chi connectivity index (χ1v) is 6.41. The van der Waals surface area contributed by atoms with Crippen molar-refractivity contribution in [3.05, 3.63) is 44.3 Å². The van der Waals surface area contributed by atoms with Crippen LogP contribution in [0.5, 0.6) is 0 Å². The largest absolute Gasteiger partial charge is 0.309 e. The molecule has 1 heterocycles. The summed E-state index contributed by atoms with van der Waals surface area (Å²) in [6.45, 7) is 3.54. The van der Waals surface area contributed by atoms with Crippen LogP contribution in [-0.4, -0.2) is 9.91 Å². The van der Waals surface area contributed by atoms with E-state index >= 15 is 0 Å². The van der Waals surface area contributed by atoms with E-state index in [4.69, 9.17) is 11.6 Å². The lowest BCUT2D eigenvalue weighted by Gasteiger charge is -2.10. The fourth-order valence-corrected chi connectivity index (χ4v) is 2.40. The fraction of sp³-hybridized carbons (Fsp3) is 0.308. The molecular weight excluding hydrogens is 309 g/mol. The number of nitrogens with zero attached hydrogens (tertiary/aromatic N) is 2. The molecule has 0 fully saturated rings. The van der Waals surface area contributed by atoms with E-state index in [1.54, 1.807) is 13.8 Å². The first kappa shape index (κ1) is 15.5. The first-order valence-electron chi connectivity index (χ1n) is 6.04. The number of hydrogen-bond acceptors (Lipinski definition) is 3. The molecule has 0 saturated heterocycles. The third kappa shape index (κ3) is 2.65. The molecule has 0 radical (unpaired) electrons. The van der Waals surface area contributed by atoms with Crippen LogP contribution < -0.4 is 0 Å². The van der Waals surface area contributed by atoms with Crippen molar-refractivity contribution >= 4 is 28.2 Å². The van der Waals surface area contributed by atoms with Crippen LogP contribution in [0, 0.1) is 33.5 Å². The van der Waals surface area contributed by atoms with Crippen molar-refractivity contribution in [2.24, 2.45) is 5.92 Å². The van der Waals surface area contributed by atoms with E-state index < -0.39 is 44.0 Å². The van der Waals surface area contributed by atoms with Gasteiger partial charge in [-0.1, -0.05) is 25.4 Å². The second-order valence-corrected chi connectivity index (χ2v) is 5.33. The molecule has 0 N–H and O–H groups in total. The number of pyridine rings is 1. The van der Waals surface area contributed by atoms with E-state index in [2.05, 4.69) is 4.98 Å². The Hall–Kier alpha value is -1.89. The minimum Gasteiger partial charge on any atom is -0.258 e. The van der Waals surface area contributed by atoms with Crippen LogP contribution in [0.15, 0.2) is 6.07 Å². The van der Waals surface area contributed by atoms with E-state index in [1.807, 2.05) is 0 Å². The molecule has 4 nitrogen and oxygen atoms in total. The summed E-state index contributed by atoms with van der Waals surface area (Å²) in [5, 5.41) is 9.96. The maximum Gasteiger partial charge on any atom is 0.309 e. The van der Waals surface area contributed by atoms with Crippen LogP contribution in [0.2, 0.25) is 5.02 Å². The maximum atomic E-state index is 13.8. The van der Waals surface area contributed by atoms with Crippen LogP contribution >= 0.6 is 11.6 Å². The van der Waals surface area contributed by atoms with E-state index in [-0.39, 0.29) is 24.1 Å².